The molecule has 0 bridgehead atoms. The molecular formula is C24H26F2N6O. The summed E-state index contributed by atoms with van der Waals surface area (Å²) in [5.41, 5.74) is 2.23. The highest BCUT2D eigenvalue weighted by Gasteiger charge is 2.55. The van der Waals surface area contributed by atoms with Gasteiger partial charge in [0.05, 0.1) is 17.2 Å². The number of alkyl halides is 2. The Balaban J connectivity index is 1.80. The van der Waals surface area contributed by atoms with E-state index in [9.17, 15) is 13.6 Å². The van der Waals surface area contributed by atoms with E-state index in [2.05, 4.69) is 26.0 Å². The van der Waals surface area contributed by atoms with Gasteiger partial charge in [0.25, 0.3) is 12.3 Å². The van der Waals surface area contributed by atoms with Crippen LogP contribution in [0.5, 0.6) is 0 Å². The number of rotatable bonds is 4. The van der Waals surface area contributed by atoms with Gasteiger partial charge in [-0.25, -0.2) is 8.78 Å². The van der Waals surface area contributed by atoms with E-state index >= 15 is 0 Å². The Morgan fingerprint density at radius 3 is 2.73 bits per heavy atom. The highest BCUT2D eigenvalue weighted by Crippen LogP contribution is 2.53. The molecule has 2 atom stereocenters. The molecule has 0 saturated carbocycles. The lowest BCUT2D eigenvalue weighted by atomic mass is 9.61. The van der Waals surface area contributed by atoms with Gasteiger partial charge in [-0.05, 0) is 37.5 Å². The topological polar surface area (TPSA) is 83.7 Å². The van der Waals surface area contributed by atoms with Crippen LogP contribution in [0, 0.1) is 0 Å². The van der Waals surface area contributed by atoms with Gasteiger partial charge in [-0.1, -0.05) is 25.1 Å². The van der Waals surface area contributed by atoms with E-state index in [0.29, 0.717) is 24.0 Å². The monoisotopic (exact) mass is 452 g/mol. The first-order chi connectivity index (χ1) is 15.7. The SMILES string of the molecule is CCC1(c2cccc(-c3cnn(C)c3)c2)C2=C(CC(C)(C)NC2=O)NC2N=NC(C(F)F)=C21. The van der Waals surface area contributed by atoms with Crippen molar-refractivity contribution in [1.29, 1.82) is 0 Å². The summed E-state index contributed by atoms with van der Waals surface area (Å²) in [6.07, 6.45) is 1.08. The molecule has 9 heteroatoms. The van der Waals surface area contributed by atoms with Crippen molar-refractivity contribution in [2.24, 2.45) is 17.3 Å². The summed E-state index contributed by atoms with van der Waals surface area (Å²) in [6.45, 7) is 5.81. The molecule has 3 aliphatic heterocycles. The number of halogens is 2. The van der Waals surface area contributed by atoms with Crippen LogP contribution in [0.15, 0.2) is 69.4 Å². The number of benzene rings is 1. The van der Waals surface area contributed by atoms with Crippen LogP contribution in [-0.2, 0) is 17.3 Å². The third-order valence-electron chi connectivity index (χ3n) is 6.76. The minimum atomic E-state index is -2.80. The molecule has 1 aromatic heterocycles. The average molecular weight is 453 g/mol. The molecule has 33 heavy (non-hydrogen) atoms. The van der Waals surface area contributed by atoms with Gasteiger partial charge in [0, 0.05) is 42.0 Å². The molecule has 2 aromatic rings. The Bertz CT molecular complexity index is 1240. The number of carbonyl (C=O) groups is 1. The van der Waals surface area contributed by atoms with E-state index in [1.165, 1.54) is 0 Å². The lowest BCUT2D eigenvalue weighted by Crippen LogP contribution is -2.58. The highest BCUT2D eigenvalue weighted by molar-refractivity contribution is 6.00. The van der Waals surface area contributed by atoms with E-state index in [0.717, 1.165) is 22.4 Å². The number of fused-ring (bicyclic) bond motifs is 1. The van der Waals surface area contributed by atoms with Crippen molar-refractivity contribution in [1.82, 2.24) is 20.4 Å². The molecule has 0 saturated heterocycles. The van der Waals surface area contributed by atoms with Crippen LogP contribution in [-0.4, -0.2) is 33.8 Å². The highest BCUT2D eigenvalue weighted by atomic mass is 19.3. The van der Waals surface area contributed by atoms with Crippen LogP contribution in [0.25, 0.3) is 11.1 Å². The molecule has 1 aromatic carbocycles. The van der Waals surface area contributed by atoms with Gasteiger partial charge < -0.3 is 10.6 Å². The Hall–Kier alpha value is -3.36. The summed E-state index contributed by atoms with van der Waals surface area (Å²) in [5.74, 6) is -0.256. The van der Waals surface area contributed by atoms with Crippen LogP contribution in [0.1, 0.15) is 39.2 Å². The molecule has 4 heterocycles. The maximum atomic E-state index is 14.1. The molecule has 172 valence electrons. The Morgan fingerprint density at radius 2 is 2.06 bits per heavy atom. The maximum Gasteiger partial charge on any atom is 0.282 e. The van der Waals surface area contributed by atoms with Crippen molar-refractivity contribution in [3.05, 3.63) is 64.8 Å². The van der Waals surface area contributed by atoms with Crippen molar-refractivity contribution >= 4 is 5.91 Å². The normalized spacial score (nSPS) is 25.8. The molecule has 2 N–H and O–H groups in total. The second kappa shape index (κ2) is 7.33. The van der Waals surface area contributed by atoms with Gasteiger partial charge >= 0.3 is 0 Å². The van der Waals surface area contributed by atoms with Gasteiger partial charge in [-0.3, -0.25) is 9.48 Å². The number of amides is 1. The van der Waals surface area contributed by atoms with Crippen molar-refractivity contribution < 1.29 is 13.6 Å². The molecule has 0 radical (unpaired) electrons. The Labute approximate surface area is 190 Å². The number of aryl methyl sites for hydroxylation is 1. The zero-order valence-electron chi connectivity index (χ0n) is 19.0. The molecule has 7 nitrogen and oxygen atoms in total. The molecule has 3 aliphatic rings. The van der Waals surface area contributed by atoms with E-state index in [1.54, 1.807) is 10.9 Å². The second-order valence-electron chi connectivity index (χ2n) is 9.47. The number of nitrogens with zero attached hydrogens (tertiary/aromatic N) is 4. The number of hydrogen-bond donors (Lipinski definition) is 2. The molecule has 0 spiro atoms. The molecule has 2 unspecified atom stereocenters. The van der Waals surface area contributed by atoms with Gasteiger partial charge in [-0.2, -0.15) is 15.3 Å². The van der Waals surface area contributed by atoms with Crippen molar-refractivity contribution in [3.8, 4) is 11.1 Å². The lowest BCUT2D eigenvalue weighted by molar-refractivity contribution is -0.120. The third kappa shape index (κ3) is 3.20. The van der Waals surface area contributed by atoms with E-state index in [1.807, 2.05) is 58.3 Å². The summed E-state index contributed by atoms with van der Waals surface area (Å²) in [5, 5.41) is 18.6. The van der Waals surface area contributed by atoms with E-state index in [-0.39, 0.29) is 11.6 Å². The van der Waals surface area contributed by atoms with E-state index in [4.69, 9.17) is 0 Å². The maximum absolute atomic E-state index is 14.1. The number of hydrogen-bond acceptors (Lipinski definition) is 5. The Morgan fingerprint density at radius 1 is 1.27 bits per heavy atom. The lowest BCUT2D eigenvalue weighted by Gasteiger charge is -2.48. The predicted octanol–water partition coefficient (Wildman–Crippen LogP) is 4.20. The van der Waals surface area contributed by atoms with Crippen molar-refractivity contribution in [3.63, 3.8) is 0 Å². The van der Waals surface area contributed by atoms with Gasteiger partial charge in [0.1, 0.15) is 5.70 Å². The van der Waals surface area contributed by atoms with Gasteiger partial charge in [0.15, 0.2) is 6.17 Å². The second-order valence-corrected chi connectivity index (χ2v) is 9.47. The van der Waals surface area contributed by atoms with Crippen LogP contribution < -0.4 is 10.6 Å². The molecule has 0 aliphatic carbocycles. The summed E-state index contributed by atoms with van der Waals surface area (Å²) in [6, 6.07) is 7.71. The standard InChI is InChI=1S/C24H26F2N6O/c1-5-24(15-8-6-7-13(9-15)14-11-27-32(4)12-14)17-16(10-23(2,3)29-22(17)33)28-21-18(24)19(20(25)26)30-31-21/h6-9,11-12,20-21,28H,5,10H2,1-4H3,(H,29,33). The smallest absolute Gasteiger partial charge is 0.282 e. The fraction of sp³-hybridized carbons (Fsp3) is 0.417. The van der Waals surface area contributed by atoms with Crippen molar-refractivity contribution in [2.45, 2.75) is 57.2 Å². The van der Waals surface area contributed by atoms with Crippen LogP contribution in [0.3, 0.4) is 0 Å². The summed E-state index contributed by atoms with van der Waals surface area (Å²) in [4.78, 5) is 13.5. The third-order valence-corrected chi connectivity index (χ3v) is 6.76. The van der Waals surface area contributed by atoms with Crippen LogP contribution >= 0.6 is 0 Å². The quantitative estimate of drug-likeness (QED) is 0.729. The zero-order chi connectivity index (χ0) is 23.5. The molecule has 1 amide bonds. The van der Waals surface area contributed by atoms with Crippen molar-refractivity contribution in [2.75, 3.05) is 0 Å². The van der Waals surface area contributed by atoms with Gasteiger partial charge in [0.2, 0.25) is 0 Å². The first kappa shape index (κ1) is 21.5. The summed E-state index contributed by atoms with van der Waals surface area (Å²) in [7, 11) is 1.84. The van der Waals surface area contributed by atoms with Crippen LogP contribution in [0.2, 0.25) is 0 Å². The first-order valence-electron chi connectivity index (χ1n) is 11.0. The fourth-order valence-electron chi connectivity index (χ4n) is 5.45. The number of azo groups is 1. The Kier molecular flexibility index (Phi) is 4.77. The van der Waals surface area contributed by atoms with Gasteiger partial charge in [-0.15, -0.1) is 0 Å². The predicted molar refractivity (Wildman–Crippen MR) is 119 cm³/mol. The number of allylic oxidation sites excluding steroid dienone is 1. The fourth-order valence-corrected chi connectivity index (χ4v) is 5.45. The zero-order valence-corrected chi connectivity index (χ0v) is 19.0. The molecule has 0 fully saturated rings. The number of nitrogens with one attached hydrogen (secondary N) is 2. The largest absolute Gasteiger partial charge is 0.362 e. The number of carbonyl (C=O) groups excluding carboxylic acids is 1. The summed E-state index contributed by atoms with van der Waals surface area (Å²) >= 11 is 0. The molecule has 5 rings (SSSR count). The minimum absolute atomic E-state index is 0.256. The van der Waals surface area contributed by atoms with E-state index < -0.39 is 23.5 Å². The summed E-state index contributed by atoms with van der Waals surface area (Å²) < 4.78 is 30.0. The van der Waals surface area contributed by atoms with Crippen LogP contribution in [0.4, 0.5) is 8.78 Å². The minimum Gasteiger partial charge on any atom is -0.362 e. The molecular weight excluding hydrogens is 426 g/mol. The first-order valence-corrected chi connectivity index (χ1v) is 11.0. The average Bonchev–Trinajstić information content (AvgIpc) is 3.38. The number of aromatic nitrogens is 2.